The maximum absolute atomic E-state index is 9.92. The van der Waals surface area contributed by atoms with Crippen molar-refractivity contribution >= 4 is 34.2 Å². The molecule has 0 spiro atoms. The topological polar surface area (TPSA) is 77.0 Å². The molecule has 5 nitrogen and oxygen atoms in total. The van der Waals surface area contributed by atoms with E-state index in [0.717, 1.165) is 5.56 Å². The van der Waals surface area contributed by atoms with Crippen LogP contribution >= 0.6 is 23.2 Å². The van der Waals surface area contributed by atoms with Crippen molar-refractivity contribution in [2.45, 2.75) is 6.54 Å². The van der Waals surface area contributed by atoms with Crippen molar-refractivity contribution in [2.24, 2.45) is 5.73 Å². The number of hydrogen-bond acceptors (Lipinski definition) is 4. The van der Waals surface area contributed by atoms with Gasteiger partial charge in [0.05, 0.1) is 10.0 Å². The van der Waals surface area contributed by atoms with Crippen LogP contribution in [0.15, 0.2) is 30.3 Å². The summed E-state index contributed by atoms with van der Waals surface area (Å²) in [7, 11) is 0. The fourth-order valence-electron chi connectivity index (χ4n) is 1.88. The molecule has 20 heavy (non-hydrogen) atoms. The van der Waals surface area contributed by atoms with Gasteiger partial charge in [-0.3, -0.25) is 0 Å². The van der Waals surface area contributed by atoms with Gasteiger partial charge in [0.1, 0.15) is 22.5 Å². The zero-order valence-electron chi connectivity index (χ0n) is 10.2. The quantitative estimate of drug-likeness (QED) is 0.763. The molecule has 0 aliphatic carbocycles. The van der Waals surface area contributed by atoms with Gasteiger partial charge in [-0.05, 0) is 29.8 Å². The van der Waals surface area contributed by atoms with Gasteiger partial charge in [-0.15, -0.1) is 15.0 Å². The molecule has 2 aromatic carbocycles. The monoisotopic (exact) mass is 308 g/mol. The van der Waals surface area contributed by atoms with Crippen molar-refractivity contribution in [3.8, 4) is 11.4 Å². The van der Waals surface area contributed by atoms with Gasteiger partial charge in [-0.25, -0.2) is 0 Å². The van der Waals surface area contributed by atoms with E-state index in [0.29, 0.717) is 33.3 Å². The Morgan fingerprint density at radius 1 is 1.05 bits per heavy atom. The van der Waals surface area contributed by atoms with Crippen LogP contribution in [0.5, 0.6) is 5.75 Å². The van der Waals surface area contributed by atoms with Crippen LogP contribution in [0.2, 0.25) is 10.0 Å². The predicted octanol–water partition coefficient (Wildman–Crippen LogP) is 2.89. The Hall–Kier alpha value is -1.82. The van der Waals surface area contributed by atoms with Gasteiger partial charge >= 0.3 is 0 Å². The molecule has 0 bridgehead atoms. The predicted molar refractivity (Wildman–Crippen MR) is 78.4 cm³/mol. The standard InChI is InChI=1S/C13H10Cl2N4O/c14-8-4-10-11(5-9(8)15)18-19(17-10)12-3-7(6-16)1-2-13(12)20/h1-5,20H,6,16H2. The maximum atomic E-state index is 9.92. The smallest absolute Gasteiger partial charge is 0.143 e. The molecule has 0 radical (unpaired) electrons. The van der Waals surface area contributed by atoms with Crippen molar-refractivity contribution in [1.82, 2.24) is 15.0 Å². The van der Waals surface area contributed by atoms with Crippen molar-refractivity contribution in [2.75, 3.05) is 0 Å². The summed E-state index contributed by atoms with van der Waals surface area (Å²) < 4.78 is 0. The largest absolute Gasteiger partial charge is 0.506 e. The number of nitrogens with zero attached hydrogens (tertiary/aromatic N) is 3. The lowest BCUT2D eigenvalue weighted by Crippen LogP contribution is -2.02. The average Bonchev–Trinajstić information content (AvgIpc) is 2.82. The van der Waals surface area contributed by atoms with E-state index in [1.807, 2.05) is 0 Å². The van der Waals surface area contributed by atoms with Crippen LogP contribution in [-0.2, 0) is 6.54 Å². The Balaban J connectivity index is 2.19. The second-order valence-electron chi connectivity index (χ2n) is 4.27. The first kappa shape index (κ1) is 13.2. The number of aromatic nitrogens is 3. The van der Waals surface area contributed by atoms with Crippen LogP contribution in [0.25, 0.3) is 16.7 Å². The molecule has 0 aliphatic rings. The molecule has 7 heteroatoms. The number of hydrogen-bond donors (Lipinski definition) is 2. The van der Waals surface area contributed by atoms with E-state index < -0.39 is 0 Å². The van der Waals surface area contributed by atoms with Gasteiger partial charge in [-0.2, -0.15) is 0 Å². The molecule has 0 amide bonds. The number of phenols is 1. The number of benzene rings is 2. The molecular weight excluding hydrogens is 299 g/mol. The van der Waals surface area contributed by atoms with Crippen molar-refractivity contribution in [1.29, 1.82) is 0 Å². The number of nitrogens with two attached hydrogens (primary N) is 1. The molecule has 0 atom stereocenters. The number of fused-ring (bicyclic) bond motifs is 1. The number of halogens is 2. The minimum absolute atomic E-state index is 0.0692. The van der Waals surface area contributed by atoms with Crippen LogP contribution in [0.3, 0.4) is 0 Å². The Bertz CT molecular complexity index is 761. The molecule has 3 rings (SSSR count). The molecule has 0 saturated heterocycles. The van der Waals surface area contributed by atoms with Crippen molar-refractivity contribution in [3.63, 3.8) is 0 Å². The van der Waals surface area contributed by atoms with Gasteiger partial charge in [0.2, 0.25) is 0 Å². The summed E-state index contributed by atoms with van der Waals surface area (Å²) in [5.74, 6) is 0.0692. The van der Waals surface area contributed by atoms with Crippen LogP contribution in [-0.4, -0.2) is 20.1 Å². The molecule has 1 heterocycles. The highest BCUT2D eigenvalue weighted by atomic mass is 35.5. The lowest BCUT2D eigenvalue weighted by atomic mass is 10.2. The highest BCUT2D eigenvalue weighted by Crippen LogP contribution is 2.28. The van der Waals surface area contributed by atoms with Crippen LogP contribution in [0, 0.1) is 0 Å². The van der Waals surface area contributed by atoms with E-state index in [2.05, 4.69) is 10.2 Å². The summed E-state index contributed by atoms with van der Waals surface area (Å²) in [6, 6.07) is 8.30. The number of aromatic hydroxyl groups is 1. The third-order valence-corrected chi connectivity index (χ3v) is 3.64. The summed E-state index contributed by atoms with van der Waals surface area (Å²) in [6.07, 6.45) is 0. The van der Waals surface area contributed by atoms with E-state index in [1.165, 1.54) is 4.80 Å². The average molecular weight is 309 g/mol. The fraction of sp³-hybridized carbons (Fsp3) is 0.0769. The summed E-state index contributed by atoms with van der Waals surface area (Å²) in [4.78, 5) is 1.34. The lowest BCUT2D eigenvalue weighted by molar-refractivity contribution is 0.467. The van der Waals surface area contributed by atoms with E-state index >= 15 is 0 Å². The Labute approximate surface area is 124 Å². The Morgan fingerprint density at radius 3 is 2.20 bits per heavy atom. The molecule has 1 aromatic heterocycles. The van der Waals surface area contributed by atoms with Crippen LogP contribution < -0.4 is 5.73 Å². The van der Waals surface area contributed by atoms with Gasteiger partial charge in [-0.1, -0.05) is 29.3 Å². The molecular formula is C13H10Cl2N4O. The first-order chi connectivity index (χ1) is 9.58. The second kappa shape index (κ2) is 4.94. The van der Waals surface area contributed by atoms with Gasteiger partial charge in [0.15, 0.2) is 0 Å². The highest BCUT2D eigenvalue weighted by molar-refractivity contribution is 6.42. The zero-order valence-corrected chi connectivity index (χ0v) is 11.7. The summed E-state index contributed by atoms with van der Waals surface area (Å²) in [5.41, 5.74) is 8.11. The number of rotatable bonds is 2. The minimum atomic E-state index is 0.0692. The van der Waals surface area contributed by atoms with Gasteiger partial charge in [0.25, 0.3) is 0 Å². The molecule has 102 valence electrons. The van der Waals surface area contributed by atoms with E-state index in [9.17, 15) is 5.11 Å². The molecule has 3 N–H and O–H groups in total. The summed E-state index contributed by atoms with van der Waals surface area (Å²) in [6.45, 7) is 0.367. The third kappa shape index (κ3) is 2.20. The van der Waals surface area contributed by atoms with Gasteiger partial charge < -0.3 is 10.8 Å². The second-order valence-corrected chi connectivity index (χ2v) is 5.09. The molecule has 0 saturated carbocycles. The molecule has 0 fully saturated rings. The van der Waals surface area contributed by atoms with Crippen LogP contribution in [0.4, 0.5) is 0 Å². The van der Waals surface area contributed by atoms with E-state index in [-0.39, 0.29) is 5.75 Å². The summed E-state index contributed by atoms with van der Waals surface area (Å²) >= 11 is 11.9. The lowest BCUT2D eigenvalue weighted by Gasteiger charge is -2.04. The first-order valence-corrected chi connectivity index (χ1v) is 6.58. The summed E-state index contributed by atoms with van der Waals surface area (Å²) in [5, 5.41) is 19.3. The fourth-order valence-corrected chi connectivity index (χ4v) is 2.19. The highest BCUT2D eigenvalue weighted by Gasteiger charge is 2.11. The first-order valence-electron chi connectivity index (χ1n) is 5.83. The molecule has 3 aromatic rings. The van der Waals surface area contributed by atoms with Gasteiger partial charge in [0, 0.05) is 6.54 Å². The Kier molecular flexibility index (Phi) is 3.25. The molecule has 0 unspecified atom stereocenters. The van der Waals surface area contributed by atoms with Crippen molar-refractivity contribution < 1.29 is 5.11 Å². The Morgan fingerprint density at radius 2 is 1.65 bits per heavy atom. The van der Waals surface area contributed by atoms with Crippen LogP contribution in [0.1, 0.15) is 5.56 Å². The maximum Gasteiger partial charge on any atom is 0.143 e. The van der Waals surface area contributed by atoms with Crippen molar-refractivity contribution in [3.05, 3.63) is 45.9 Å². The number of phenolic OH excluding ortho intramolecular Hbond substituents is 1. The minimum Gasteiger partial charge on any atom is -0.506 e. The molecule has 0 aliphatic heterocycles. The SMILES string of the molecule is NCc1ccc(O)c(-n2nc3cc(Cl)c(Cl)cc3n2)c1. The van der Waals surface area contributed by atoms with E-state index in [4.69, 9.17) is 28.9 Å². The zero-order chi connectivity index (χ0) is 14.3. The normalized spacial score (nSPS) is 11.2. The van der Waals surface area contributed by atoms with E-state index in [1.54, 1.807) is 30.3 Å². The third-order valence-electron chi connectivity index (χ3n) is 2.91.